The molecular weight excluding hydrogens is 482 g/mol. The highest BCUT2D eigenvalue weighted by atomic mass is 16.5. The van der Waals surface area contributed by atoms with Crippen LogP contribution in [-0.4, -0.2) is 63.7 Å². The van der Waals surface area contributed by atoms with Crippen molar-refractivity contribution < 1.29 is 24.5 Å². The summed E-state index contributed by atoms with van der Waals surface area (Å²) in [5.41, 5.74) is 4.10. The summed E-state index contributed by atoms with van der Waals surface area (Å²) in [5.74, 6) is -0.319. The Hall–Kier alpha value is -2.71. The summed E-state index contributed by atoms with van der Waals surface area (Å²) in [7, 11) is 0. The second-order valence-electron chi connectivity index (χ2n) is 12.2. The minimum absolute atomic E-state index is 0.0517. The second kappa shape index (κ2) is 13.4. The zero-order valence-electron chi connectivity index (χ0n) is 24.7. The van der Waals surface area contributed by atoms with Gasteiger partial charge in [-0.3, -0.25) is 9.78 Å². The van der Waals surface area contributed by atoms with Crippen LogP contribution in [-0.2, 0) is 16.0 Å². The van der Waals surface area contributed by atoms with E-state index >= 15 is 0 Å². The highest BCUT2D eigenvalue weighted by Crippen LogP contribution is 2.39. The molecule has 3 rings (SSSR count). The van der Waals surface area contributed by atoms with Crippen LogP contribution in [0.3, 0.4) is 0 Å². The summed E-state index contributed by atoms with van der Waals surface area (Å²) < 4.78 is 11.5. The number of aliphatic carboxylic acids is 1. The highest BCUT2D eigenvalue weighted by Gasteiger charge is 2.29. The number of hydrogen-bond donors (Lipinski definition) is 2. The molecule has 1 aliphatic heterocycles. The molecule has 0 bridgehead atoms. The summed E-state index contributed by atoms with van der Waals surface area (Å²) in [6.07, 6.45) is 5.72. The Morgan fingerprint density at radius 3 is 2.21 bits per heavy atom. The molecule has 38 heavy (non-hydrogen) atoms. The van der Waals surface area contributed by atoms with Gasteiger partial charge in [0, 0.05) is 53.9 Å². The van der Waals surface area contributed by atoms with E-state index in [1.165, 1.54) is 0 Å². The fourth-order valence-electron chi connectivity index (χ4n) is 4.08. The van der Waals surface area contributed by atoms with Gasteiger partial charge in [0.25, 0.3) is 0 Å². The van der Waals surface area contributed by atoms with Gasteiger partial charge in [-0.1, -0.05) is 13.8 Å². The van der Waals surface area contributed by atoms with Gasteiger partial charge >= 0.3 is 5.97 Å². The molecule has 3 heterocycles. The molecule has 1 unspecified atom stereocenters. The summed E-state index contributed by atoms with van der Waals surface area (Å²) in [6.45, 7) is 19.9. The third kappa shape index (κ3) is 10.6. The van der Waals surface area contributed by atoms with E-state index in [9.17, 15) is 9.90 Å². The third-order valence-corrected chi connectivity index (χ3v) is 6.16. The first-order chi connectivity index (χ1) is 17.6. The Bertz CT molecular complexity index is 1030. The molecule has 1 fully saturated rings. The zero-order chi connectivity index (χ0) is 28.7. The first kappa shape index (κ1) is 31.5. The minimum Gasteiger partial charge on any atom is -0.481 e. The maximum Gasteiger partial charge on any atom is 0.307 e. The normalized spacial score (nSPS) is 16.0. The number of carbonyl (C=O) groups is 1. The molecule has 0 spiro atoms. The lowest BCUT2D eigenvalue weighted by Gasteiger charge is -2.40. The van der Waals surface area contributed by atoms with Crippen molar-refractivity contribution in [2.45, 2.75) is 99.4 Å². The van der Waals surface area contributed by atoms with Crippen LogP contribution in [0.25, 0.3) is 11.1 Å². The van der Waals surface area contributed by atoms with E-state index in [4.69, 9.17) is 14.6 Å². The summed E-state index contributed by atoms with van der Waals surface area (Å²) >= 11 is 0. The van der Waals surface area contributed by atoms with E-state index in [-0.39, 0.29) is 18.6 Å². The van der Waals surface area contributed by atoms with E-state index < -0.39 is 11.6 Å². The smallest absolute Gasteiger partial charge is 0.307 e. The van der Waals surface area contributed by atoms with Crippen molar-refractivity contribution in [2.75, 3.05) is 24.6 Å². The Balaban J connectivity index is 0.000000926. The fraction of sp³-hybridized carbons (Fsp3) is 0.633. The molecule has 8 heteroatoms. The first-order valence-electron chi connectivity index (χ1n) is 13.5. The maximum atomic E-state index is 11.7. The number of aliphatic hydroxyl groups is 1. The molecule has 8 nitrogen and oxygen atoms in total. The van der Waals surface area contributed by atoms with Crippen LogP contribution in [0.2, 0.25) is 0 Å². The summed E-state index contributed by atoms with van der Waals surface area (Å²) in [4.78, 5) is 23.0. The van der Waals surface area contributed by atoms with Gasteiger partial charge in [0.05, 0.1) is 30.4 Å². The van der Waals surface area contributed by atoms with Gasteiger partial charge < -0.3 is 24.6 Å². The molecular formula is C30H47N3O5. The fourth-order valence-corrected chi connectivity index (χ4v) is 4.08. The zero-order valence-corrected chi connectivity index (χ0v) is 24.7. The molecule has 0 radical (unpaired) electrons. The number of carboxylic acids is 1. The number of anilines is 1. The van der Waals surface area contributed by atoms with Gasteiger partial charge in [-0.25, -0.2) is 4.98 Å². The first-order valence-corrected chi connectivity index (χ1v) is 13.5. The van der Waals surface area contributed by atoms with E-state index in [2.05, 4.69) is 28.7 Å². The van der Waals surface area contributed by atoms with Crippen LogP contribution in [0, 0.1) is 12.3 Å². The van der Waals surface area contributed by atoms with Crippen molar-refractivity contribution in [1.29, 1.82) is 0 Å². The average Bonchev–Trinajstić information content (AvgIpc) is 2.78. The predicted molar refractivity (Wildman–Crippen MR) is 152 cm³/mol. The molecule has 1 aliphatic rings. The largest absolute Gasteiger partial charge is 0.481 e. The van der Waals surface area contributed by atoms with Gasteiger partial charge in [0.1, 0.15) is 6.10 Å². The van der Waals surface area contributed by atoms with Gasteiger partial charge in [0.2, 0.25) is 5.88 Å². The van der Waals surface area contributed by atoms with E-state index in [0.29, 0.717) is 17.9 Å². The van der Waals surface area contributed by atoms with Crippen molar-refractivity contribution in [3.8, 4) is 17.0 Å². The van der Waals surface area contributed by atoms with Gasteiger partial charge in [-0.2, -0.15) is 0 Å². The summed E-state index contributed by atoms with van der Waals surface area (Å²) in [6, 6.07) is 3.81. The molecule has 0 saturated carbocycles. The molecule has 2 N–H and O–H groups in total. The number of pyridine rings is 2. The monoisotopic (exact) mass is 529 g/mol. The van der Waals surface area contributed by atoms with Crippen molar-refractivity contribution in [1.82, 2.24) is 9.97 Å². The SMILES string of the molecule is CC(C)(C)O.Cc1ncc(-c2ccc(OC(C)COC(C)C)nc2)c(N2CCC(C)(C)CC2)c1CC(=O)O. The van der Waals surface area contributed by atoms with Crippen LogP contribution in [0.5, 0.6) is 5.88 Å². The number of hydrogen-bond acceptors (Lipinski definition) is 7. The van der Waals surface area contributed by atoms with Crippen LogP contribution >= 0.6 is 0 Å². The number of nitrogens with zero attached hydrogens (tertiary/aromatic N) is 3. The van der Waals surface area contributed by atoms with Crippen molar-refractivity contribution in [3.05, 3.63) is 35.8 Å². The van der Waals surface area contributed by atoms with Crippen LogP contribution < -0.4 is 9.64 Å². The standard InChI is InChI=1S/C26H37N3O4.C4H10O/c1-17(2)32-16-18(3)33-23-8-7-20(14-28-23)22-15-27-19(4)21(13-24(30)31)25(22)29-11-9-26(5,6)10-12-29;1-4(2,3)5/h7-8,14-15,17-18H,9-13,16H2,1-6H3,(H,30,31);5H,1-3H3. The minimum atomic E-state index is -0.852. The quantitative estimate of drug-likeness (QED) is 0.428. The van der Waals surface area contributed by atoms with Gasteiger partial charge in [0.15, 0.2) is 0 Å². The third-order valence-electron chi connectivity index (χ3n) is 6.16. The summed E-state index contributed by atoms with van der Waals surface area (Å²) in [5, 5.41) is 18.1. The van der Waals surface area contributed by atoms with Gasteiger partial charge in [-0.05, 0) is 72.8 Å². The van der Waals surface area contributed by atoms with Gasteiger partial charge in [-0.15, -0.1) is 0 Å². The van der Waals surface area contributed by atoms with E-state index in [0.717, 1.165) is 54.0 Å². The van der Waals surface area contributed by atoms with Crippen LogP contribution in [0.4, 0.5) is 5.69 Å². The lowest BCUT2D eigenvalue weighted by atomic mass is 9.82. The number of aryl methyl sites for hydroxylation is 1. The number of carboxylic acid groups (broad SMARTS) is 1. The van der Waals surface area contributed by atoms with Crippen LogP contribution in [0.1, 0.15) is 79.5 Å². The number of ether oxygens (including phenoxy) is 2. The van der Waals surface area contributed by atoms with E-state index in [1.807, 2.05) is 46.0 Å². The van der Waals surface area contributed by atoms with Crippen molar-refractivity contribution in [3.63, 3.8) is 0 Å². The lowest BCUT2D eigenvalue weighted by molar-refractivity contribution is -0.136. The highest BCUT2D eigenvalue weighted by molar-refractivity contribution is 5.84. The Morgan fingerprint density at radius 1 is 1.11 bits per heavy atom. The Morgan fingerprint density at radius 2 is 1.71 bits per heavy atom. The molecule has 1 atom stereocenters. The molecule has 0 amide bonds. The Labute approximate surface area is 228 Å². The van der Waals surface area contributed by atoms with Crippen molar-refractivity contribution >= 4 is 11.7 Å². The average molecular weight is 530 g/mol. The number of rotatable bonds is 9. The molecule has 0 aromatic carbocycles. The van der Waals surface area contributed by atoms with Crippen LogP contribution in [0.15, 0.2) is 24.5 Å². The number of piperidine rings is 1. The topological polar surface area (TPSA) is 105 Å². The van der Waals surface area contributed by atoms with Crippen molar-refractivity contribution in [2.24, 2.45) is 5.41 Å². The van der Waals surface area contributed by atoms with E-state index in [1.54, 1.807) is 27.0 Å². The predicted octanol–water partition coefficient (Wildman–Crippen LogP) is 5.68. The maximum absolute atomic E-state index is 11.7. The molecule has 2 aromatic heterocycles. The molecule has 2 aromatic rings. The lowest BCUT2D eigenvalue weighted by Crippen LogP contribution is -2.38. The number of aromatic nitrogens is 2. The molecule has 1 saturated heterocycles. The molecule has 0 aliphatic carbocycles. The second-order valence-corrected chi connectivity index (χ2v) is 12.2. The Kier molecular flexibility index (Phi) is 11.1. The molecule has 212 valence electrons.